The molecular formula is C13H15F2NO4S. The lowest BCUT2D eigenvalue weighted by molar-refractivity contribution is -0.0220. The molecule has 116 valence electrons. The molecule has 0 amide bonds. The maximum absolute atomic E-state index is 13.2. The van der Waals surface area contributed by atoms with Crippen molar-refractivity contribution in [3.05, 3.63) is 23.8 Å². The van der Waals surface area contributed by atoms with E-state index in [0.29, 0.717) is 0 Å². The number of sulfone groups is 1. The Hall–Kier alpha value is -1.70. The Kier molecular flexibility index (Phi) is 3.92. The minimum atomic E-state index is -3.53. The standard InChI is InChI=1S/C13H15F2NO4S/c1-21(19,20)9-2-3-11(10(8-9)12(17)18)16-6-4-13(14,15)5-7-16/h2-3,8H,4-7H2,1H3,(H,17,18). The molecule has 21 heavy (non-hydrogen) atoms. The van der Waals surface area contributed by atoms with Gasteiger partial charge in [-0.1, -0.05) is 0 Å². The lowest BCUT2D eigenvalue weighted by atomic mass is 10.0. The number of alkyl halides is 2. The molecular weight excluding hydrogens is 304 g/mol. The van der Waals surface area contributed by atoms with Crippen LogP contribution in [0.3, 0.4) is 0 Å². The zero-order valence-electron chi connectivity index (χ0n) is 11.3. The zero-order valence-corrected chi connectivity index (χ0v) is 12.2. The van der Waals surface area contributed by atoms with Crippen molar-refractivity contribution in [1.82, 2.24) is 0 Å². The zero-order chi connectivity index (χ0) is 15.8. The van der Waals surface area contributed by atoms with E-state index in [4.69, 9.17) is 0 Å². The normalized spacial score (nSPS) is 18.5. The number of carboxylic acid groups (broad SMARTS) is 1. The van der Waals surface area contributed by atoms with Crippen molar-refractivity contribution in [2.24, 2.45) is 0 Å². The van der Waals surface area contributed by atoms with E-state index in [2.05, 4.69) is 0 Å². The van der Waals surface area contributed by atoms with Crippen LogP contribution in [0.4, 0.5) is 14.5 Å². The van der Waals surface area contributed by atoms with Crippen molar-refractivity contribution in [1.29, 1.82) is 0 Å². The summed E-state index contributed by atoms with van der Waals surface area (Å²) < 4.78 is 49.3. The number of piperidine rings is 1. The second-order valence-corrected chi connectivity index (χ2v) is 7.12. The number of nitrogens with zero attached hydrogens (tertiary/aromatic N) is 1. The van der Waals surface area contributed by atoms with Gasteiger partial charge in [0.2, 0.25) is 0 Å². The van der Waals surface area contributed by atoms with Crippen LogP contribution in [0.5, 0.6) is 0 Å². The first kappa shape index (κ1) is 15.7. The molecule has 1 heterocycles. The third-order valence-electron chi connectivity index (χ3n) is 3.46. The summed E-state index contributed by atoms with van der Waals surface area (Å²) in [5.41, 5.74) is 0.0774. The second-order valence-electron chi connectivity index (χ2n) is 5.10. The van der Waals surface area contributed by atoms with Crippen molar-refractivity contribution in [3.8, 4) is 0 Å². The topological polar surface area (TPSA) is 74.7 Å². The van der Waals surface area contributed by atoms with Crippen LogP contribution in [0, 0.1) is 0 Å². The van der Waals surface area contributed by atoms with Crippen LogP contribution in [0.2, 0.25) is 0 Å². The Labute approximate surface area is 121 Å². The molecule has 2 rings (SSSR count). The molecule has 0 aromatic heterocycles. The van der Waals surface area contributed by atoms with Gasteiger partial charge in [-0.2, -0.15) is 0 Å². The Morgan fingerprint density at radius 2 is 1.86 bits per heavy atom. The molecule has 0 saturated carbocycles. The number of anilines is 1. The van der Waals surface area contributed by atoms with Gasteiger partial charge in [0.15, 0.2) is 9.84 Å². The fraction of sp³-hybridized carbons (Fsp3) is 0.462. The van der Waals surface area contributed by atoms with E-state index in [-0.39, 0.29) is 42.1 Å². The van der Waals surface area contributed by atoms with Crippen LogP contribution in [-0.2, 0) is 9.84 Å². The van der Waals surface area contributed by atoms with Gasteiger partial charge in [-0.05, 0) is 18.2 Å². The summed E-state index contributed by atoms with van der Waals surface area (Å²) >= 11 is 0. The molecule has 8 heteroatoms. The van der Waals surface area contributed by atoms with Crippen LogP contribution in [0.15, 0.2) is 23.1 Å². The van der Waals surface area contributed by atoms with Crippen molar-refractivity contribution in [3.63, 3.8) is 0 Å². The maximum Gasteiger partial charge on any atom is 0.337 e. The lowest BCUT2D eigenvalue weighted by Gasteiger charge is -2.34. The van der Waals surface area contributed by atoms with Gasteiger partial charge < -0.3 is 10.0 Å². The van der Waals surface area contributed by atoms with E-state index in [1.165, 1.54) is 12.1 Å². The molecule has 5 nitrogen and oxygen atoms in total. The first-order chi connectivity index (χ1) is 9.60. The second kappa shape index (κ2) is 5.25. The predicted molar refractivity (Wildman–Crippen MR) is 72.9 cm³/mol. The van der Waals surface area contributed by atoms with Gasteiger partial charge in [0.25, 0.3) is 5.92 Å². The summed E-state index contributed by atoms with van der Waals surface area (Å²) in [4.78, 5) is 12.7. The number of rotatable bonds is 3. The van der Waals surface area contributed by atoms with Crippen molar-refractivity contribution in [2.45, 2.75) is 23.7 Å². The molecule has 1 aromatic carbocycles. The highest BCUT2D eigenvalue weighted by Gasteiger charge is 2.35. The summed E-state index contributed by atoms with van der Waals surface area (Å²) in [5, 5.41) is 9.22. The number of hydrogen-bond donors (Lipinski definition) is 1. The van der Waals surface area contributed by atoms with Gasteiger partial charge in [-0.15, -0.1) is 0 Å². The van der Waals surface area contributed by atoms with E-state index in [1.807, 2.05) is 0 Å². The summed E-state index contributed by atoms with van der Waals surface area (Å²) in [7, 11) is -3.53. The van der Waals surface area contributed by atoms with Gasteiger partial charge >= 0.3 is 5.97 Å². The first-order valence-corrected chi connectivity index (χ1v) is 8.19. The molecule has 0 bridgehead atoms. The van der Waals surface area contributed by atoms with Crippen molar-refractivity contribution >= 4 is 21.5 Å². The summed E-state index contributed by atoms with van der Waals surface area (Å²) in [6, 6.07) is 3.73. The van der Waals surface area contributed by atoms with Crippen molar-refractivity contribution in [2.75, 3.05) is 24.2 Å². The molecule has 1 N–H and O–H groups in total. The molecule has 0 radical (unpaired) electrons. The first-order valence-electron chi connectivity index (χ1n) is 6.30. The molecule has 1 aromatic rings. The van der Waals surface area contributed by atoms with Crippen LogP contribution in [0.25, 0.3) is 0 Å². The van der Waals surface area contributed by atoms with Gasteiger partial charge in [0.1, 0.15) is 0 Å². The van der Waals surface area contributed by atoms with Crippen LogP contribution in [0.1, 0.15) is 23.2 Å². The van der Waals surface area contributed by atoms with Crippen LogP contribution >= 0.6 is 0 Å². The molecule has 0 atom stereocenters. The van der Waals surface area contributed by atoms with Gasteiger partial charge in [0, 0.05) is 32.2 Å². The highest BCUT2D eigenvalue weighted by Crippen LogP contribution is 2.32. The number of halogens is 2. The molecule has 1 aliphatic rings. The molecule has 1 aliphatic heterocycles. The maximum atomic E-state index is 13.2. The Bertz CT molecular complexity index is 663. The largest absolute Gasteiger partial charge is 0.478 e. The summed E-state index contributed by atoms with van der Waals surface area (Å²) in [6.07, 6.45) is 0.287. The summed E-state index contributed by atoms with van der Waals surface area (Å²) in [5.74, 6) is -4.01. The number of aromatic carboxylic acids is 1. The Morgan fingerprint density at radius 3 is 2.33 bits per heavy atom. The van der Waals surface area contributed by atoms with Crippen LogP contribution in [-0.4, -0.2) is 44.8 Å². The minimum absolute atomic E-state index is 0.0332. The Morgan fingerprint density at radius 1 is 1.29 bits per heavy atom. The average Bonchev–Trinajstić information content (AvgIpc) is 2.37. The highest BCUT2D eigenvalue weighted by atomic mass is 32.2. The molecule has 0 unspecified atom stereocenters. The predicted octanol–water partition coefficient (Wildman–Crippen LogP) is 2.02. The van der Waals surface area contributed by atoms with E-state index in [9.17, 15) is 27.1 Å². The van der Waals surface area contributed by atoms with E-state index < -0.39 is 21.7 Å². The summed E-state index contributed by atoms with van der Waals surface area (Å²) in [6.45, 7) is 0.0665. The number of carboxylic acids is 1. The third kappa shape index (κ3) is 3.49. The lowest BCUT2D eigenvalue weighted by Crippen LogP contribution is -2.40. The molecule has 0 aliphatic carbocycles. The van der Waals surface area contributed by atoms with Crippen molar-refractivity contribution < 1.29 is 27.1 Å². The molecule has 1 fully saturated rings. The van der Waals surface area contributed by atoms with Crippen LogP contribution < -0.4 is 4.90 Å². The highest BCUT2D eigenvalue weighted by molar-refractivity contribution is 7.90. The quantitative estimate of drug-likeness (QED) is 0.922. The monoisotopic (exact) mass is 319 g/mol. The third-order valence-corrected chi connectivity index (χ3v) is 4.57. The number of hydrogen-bond acceptors (Lipinski definition) is 4. The Balaban J connectivity index is 2.38. The SMILES string of the molecule is CS(=O)(=O)c1ccc(N2CCC(F)(F)CC2)c(C(=O)O)c1. The van der Waals surface area contributed by atoms with Gasteiger partial charge in [-0.3, -0.25) is 0 Å². The smallest absolute Gasteiger partial charge is 0.337 e. The fourth-order valence-electron chi connectivity index (χ4n) is 2.27. The van der Waals surface area contributed by atoms with Gasteiger partial charge in [0.05, 0.1) is 16.1 Å². The van der Waals surface area contributed by atoms with E-state index in [0.717, 1.165) is 12.3 Å². The van der Waals surface area contributed by atoms with Gasteiger partial charge in [-0.25, -0.2) is 22.0 Å². The molecule has 0 spiro atoms. The minimum Gasteiger partial charge on any atom is -0.478 e. The number of benzene rings is 1. The number of carbonyl (C=O) groups is 1. The van der Waals surface area contributed by atoms with E-state index in [1.54, 1.807) is 4.90 Å². The molecule has 1 saturated heterocycles. The fourth-order valence-corrected chi connectivity index (χ4v) is 2.91. The van der Waals surface area contributed by atoms with E-state index >= 15 is 0 Å². The average molecular weight is 319 g/mol.